The molecule has 0 saturated carbocycles. The molecule has 23 heavy (non-hydrogen) atoms. The molecule has 1 aromatic carbocycles. The maximum absolute atomic E-state index is 12.6. The lowest BCUT2D eigenvalue weighted by Crippen LogP contribution is -2.37. The number of likely N-dealkylation sites (N-methyl/N-ethyl adjacent to an activating group) is 1. The van der Waals surface area contributed by atoms with Gasteiger partial charge in [-0.1, -0.05) is 30.4 Å². The van der Waals surface area contributed by atoms with Crippen LogP contribution < -0.4 is 5.43 Å². The highest BCUT2D eigenvalue weighted by Gasteiger charge is 2.20. The summed E-state index contributed by atoms with van der Waals surface area (Å²) >= 11 is 0. The third-order valence-corrected chi connectivity index (χ3v) is 3.44. The molecule has 1 amide bonds. The number of benzene rings is 1. The third kappa shape index (κ3) is 3.74. The second kappa shape index (κ2) is 7.05. The number of rotatable bonds is 5. The van der Waals surface area contributed by atoms with Gasteiger partial charge in [0, 0.05) is 24.8 Å². The standard InChI is InChI=1S/C18H21N3O2/c1-5-20(12-13(2)3)18(23)17-16(22)11-14(4)21(19-17)15-9-7-6-8-10-15/h6-11H,2,5,12H2,1,3-4H3. The number of nitrogens with zero attached hydrogens (tertiary/aromatic N) is 3. The first kappa shape index (κ1) is 16.7. The first-order valence-corrected chi connectivity index (χ1v) is 7.54. The smallest absolute Gasteiger partial charge is 0.278 e. The fourth-order valence-corrected chi connectivity index (χ4v) is 2.33. The van der Waals surface area contributed by atoms with Gasteiger partial charge in [0.15, 0.2) is 5.69 Å². The molecular formula is C18H21N3O2. The van der Waals surface area contributed by atoms with Crippen molar-refractivity contribution in [3.05, 3.63) is 70.2 Å². The van der Waals surface area contributed by atoms with Gasteiger partial charge in [0.05, 0.1) is 5.69 Å². The van der Waals surface area contributed by atoms with Crippen molar-refractivity contribution in [2.75, 3.05) is 13.1 Å². The average molecular weight is 311 g/mol. The Balaban J connectivity index is 2.49. The highest BCUT2D eigenvalue weighted by molar-refractivity contribution is 5.92. The van der Waals surface area contributed by atoms with E-state index in [1.807, 2.05) is 44.2 Å². The van der Waals surface area contributed by atoms with Crippen molar-refractivity contribution in [3.8, 4) is 5.69 Å². The number of amides is 1. The van der Waals surface area contributed by atoms with Gasteiger partial charge in [0.2, 0.25) is 5.43 Å². The summed E-state index contributed by atoms with van der Waals surface area (Å²) in [5.74, 6) is -0.370. The second-order valence-corrected chi connectivity index (χ2v) is 5.52. The second-order valence-electron chi connectivity index (χ2n) is 5.52. The fourth-order valence-electron chi connectivity index (χ4n) is 2.33. The van der Waals surface area contributed by atoms with Crippen LogP contribution in [0.3, 0.4) is 0 Å². The van der Waals surface area contributed by atoms with Gasteiger partial charge >= 0.3 is 0 Å². The predicted octanol–water partition coefficient (Wildman–Crippen LogP) is 2.58. The zero-order chi connectivity index (χ0) is 17.0. The van der Waals surface area contributed by atoms with Gasteiger partial charge in [-0.25, -0.2) is 4.68 Å². The van der Waals surface area contributed by atoms with Crippen LogP contribution in [0.1, 0.15) is 30.0 Å². The van der Waals surface area contributed by atoms with E-state index in [0.717, 1.165) is 11.3 Å². The number of hydrogen-bond acceptors (Lipinski definition) is 3. The number of aromatic nitrogens is 2. The minimum atomic E-state index is -0.370. The van der Waals surface area contributed by atoms with E-state index < -0.39 is 0 Å². The van der Waals surface area contributed by atoms with Crippen LogP contribution in [0.2, 0.25) is 0 Å². The van der Waals surface area contributed by atoms with Gasteiger partial charge in [-0.05, 0) is 32.9 Å². The average Bonchev–Trinajstić information content (AvgIpc) is 2.52. The van der Waals surface area contributed by atoms with Crippen LogP contribution in [-0.2, 0) is 0 Å². The number of carbonyl (C=O) groups is 1. The van der Waals surface area contributed by atoms with E-state index in [2.05, 4.69) is 11.7 Å². The number of hydrogen-bond donors (Lipinski definition) is 0. The normalized spacial score (nSPS) is 10.4. The highest BCUT2D eigenvalue weighted by Crippen LogP contribution is 2.09. The lowest BCUT2D eigenvalue weighted by Gasteiger charge is -2.21. The Kier molecular flexibility index (Phi) is 5.11. The summed E-state index contributed by atoms with van der Waals surface area (Å²) in [6.45, 7) is 10.2. The maximum Gasteiger partial charge on any atom is 0.278 e. The Morgan fingerprint density at radius 3 is 2.52 bits per heavy atom. The van der Waals surface area contributed by atoms with E-state index in [-0.39, 0.29) is 17.0 Å². The van der Waals surface area contributed by atoms with Crippen molar-refractivity contribution in [2.45, 2.75) is 20.8 Å². The van der Waals surface area contributed by atoms with Crippen LogP contribution in [0.5, 0.6) is 0 Å². The Morgan fingerprint density at radius 1 is 1.30 bits per heavy atom. The van der Waals surface area contributed by atoms with Crippen LogP contribution in [0.15, 0.2) is 53.3 Å². The molecule has 0 saturated heterocycles. The van der Waals surface area contributed by atoms with Crippen LogP contribution in [-0.4, -0.2) is 33.7 Å². The molecule has 0 N–H and O–H groups in total. The lowest BCUT2D eigenvalue weighted by atomic mass is 10.2. The molecule has 2 aromatic rings. The van der Waals surface area contributed by atoms with Crippen molar-refractivity contribution in [1.82, 2.24) is 14.7 Å². The van der Waals surface area contributed by atoms with Gasteiger partial charge in [-0.2, -0.15) is 5.10 Å². The quantitative estimate of drug-likeness (QED) is 0.798. The van der Waals surface area contributed by atoms with Gasteiger partial charge < -0.3 is 4.90 Å². The molecule has 0 fully saturated rings. The summed E-state index contributed by atoms with van der Waals surface area (Å²) in [4.78, 5) is 26.4. The molecule has 0 aliphatic rings. The van der Waals surface area contributed by atoms with Crippen molar-refractivity contribution < 1.29 is 4.79 Å². The Bertz CT molecular complexity index is 779. The Morgan fingerprint density at radius 2 is 1.96 bits per heavy atom. The van der Waals surface area contributed by atoms with Crippen molar-refractivity contribution in [1.29, 1.82) is 0 Å². The zero-order valence-electron chi connectivity index (χ0n) is 13.7. The van der Waals surface area contributed by atoms with Crippen LogP contribution in [0.25, 0.3) is 5.69 Å². The molecule has 0 aliphatic heterocycles. The van der Waals surface area contributed by atoms with Crippen molar-refractivity contribution >= 4 is 5.91 Å². The van der Waals surface area contributed by atoms with E-state index in [1.54, 1.807) is 16.5 Å². The Hall–Kier alpha value is -2.69. The SMILES string of the molecule is C=C(C)CN(CC)C(=O)c1nn(-c2ccccc2)c(C)cc1=O. The molecule has 120 valence electrons. The molecule has 1 heterocycles. The summed E-state index contributed by atoms with van der Waals surface area (Å²) in [5, 5.41) is 4.30. The predicted molar refractivity (Wildman–Crippen MR) is 91.0 cm³/mol. The van der Waals surface area contributed by atoms with E-state index in [0.29, 0.717) is 18.8 Å². The zero-order valence-corrected chi connectivity index (χ0v) is 13.7. The molecule has 0 unspecified atom stereocenters. The highest BCUT2D eigenvalue weighted by atomic mass is 16.2. The monoisotopic (exact) mass is 311 g/mol. The topological polar surface area (TPSA) is 55.2 Å². The van der Waals surface area contributed by atoms with Gasteiger partial charge in [0.25, 0.3) is 5.91 Å². The Labute approximate surface area is 135 Å². The first-order chi connectivity index (χ1) is 10.9. The molecule has 0 aliphatic carbocycles. The van der Waals surface area contributed by atoms with Gasteiger partial charge in [-0.15, -0.1) is 0 Å². The molecule has 5 nitrogen and oxygen atoms in total. The summed E-state index contributed by atoms with van der Waals surface area (Å²) in [7, 11) is 0. The molecule has 5 heteroatoms. The van der Waals surface area contributed by atoms with E-state index in [4.69, 9.17) is 0 Å². The fraction of sp³-hybridized carbons (Fsp3) is 0.278. The molecule has 1 aromatic heterocycles. The number of carbonyl (C=O) groups excluding carboxylic acids is 1. The molecule has 2 rings (SSSR count). The van der Waals surface area contributed by atoms with Crippen LogP contribution in [0.4, 0.5) is 0 Å². The summed E-state index contributed by atoms with van der Waals surface area (Å²) in [6.07, 6.45) is 0. The van der Waals surface area contributed by atoms with Crippen LogP contribution in [0, 0.1) is 6.92 Å². The molecular weight excluding hydrogens is 290 g/mol. The molecule has 0 spiro atoms. The van der Waals surface area contributed by atoms with Crippen LogP contribution >= 0.6 is 0 Å². The first-order valence-electron chi connectivity index (χ1n) is 7.54. The van der Waals surface area contributed by atoms with E-state index >= 15 is 0 Å². The summed E-state index contributed by atoms with van der Waals surface area (Å²) in [5.41, 5.74) is 1.92. The largest absolute Gasteiger partial charge is 0.333 e. The van der Waals surface area contributed by atoms with Gasteiger partial charge in [-0.3, -0.25) is 9.59 Å². The third-order valence-electron chi connectivity index (χ3n) is 3.44. The van der Waals surface area contributed by atoms with Gasteiger partial charge in [0.1, 0.15) is 0 Å². The summed E-state index contributed by atoms with van der Waals surface area (Å²) < 4.78 is 1.61. The van der Waals surface area contributed by atoms with Crippen molar-refractivity contribution in [3.63, 3.8) is 0 Å². The van der Waals surface area contributed by atoms with Crippen molar-refractivity contribution in [2.24, 2.45) is 0 Å². The van der Waals surface area contributed by atoms with E-state index in [1.165, 1.54) is 6.07 Å². The lowest BCUT2D eigenvalue weighted by molar-refractivity contribution is 0.0769. The maximum atomic E-state index is 12.6. The molecule has 0 bridgehead atoms. The number of para-hydroxylation sites is 1. The minimum absolute atomic E-state index is 0.0671. The number of aryl methyl sites for hydroxylation is 1. The minimum Gasteiger partial charge on any atom is -0.333 e. The molecule has 0 atom stereocenters. The molecule has 0 radical (unpaired) electrons. The summed E-state index contributed by atoms with van der Waals surface area (Å²) in [6, 6.07) is 10.9. The van der Waals surface area contributed by atoms with E-state index in [9.17, 15) is 9.59 Å².